The summed E-state index contributed by atoms with van der Waals surface area (Å²) in [6.07, 6.45) is -2.92. The van der Waals surface area contributed by atoms with Crippen molar-refractivity contribution in [3.8, 4) is 0 Å². The molecular weight excluding hydrogens is 293 g/mol. The van der Waals surface area contributed by atoms with E-state index in [1.165, 1.54) is 12.3 Å². The Hall–Kier alpha value is -1.34. The normalized spacial score (nSPS) is 21.9. The van der Waals surface area contributed by atoms with Crippen LogP contribution in [-0.2, 0) is 6.18 Å². The predicted molar refractivity (Wildman–Crippen MR) is 78.9 cm³/mol. The van der Waals surface area contributed by atoms with E-state index in [-0.39, 0.29) is 5.82 Å². The molecule has 2 aliphatic rings. The van der Waals surface area contributed by atoms with Crippen molar-refractivity contribution in [2.24, 2.45) is 0 Å². The summed E-state index contributed by atoms with van der Waals surface area (Å²) in [6, 6.07) is 2.80. The number of alkyl halides is 3. The molecule has 22 heavy (non-hydrogen) atoms. The van der Waals surface area contributed by atoms with Gasteiger partial charge in [-0.15, -0.1) is 0 Å². The van der Waals surface area contributed by atoms with Crippen LogP contribution in [0.2, 0.25) is 0 Å². The van der Waals surface area contributed by atoms with E-state index in [0.29, 0.717) is 19.1 Å². The molecule has 0 bridgehead atoms. The Morgan fingerprint density at radius 2 is 1.86 bits per heavy atom. The second-order valence-electron chi connectivity index (χ2n) is 5.90. The summed E-state index contributed by atoms with van der Waals surface area (Å²) in [6.45, 7) is 8.57. The molecule has 2 aliphatic heterocycles. The van der Waals surface area contributed by atoms with Gasteiger partial charge in [-0.1, -0.05) is 6.92 Å². The van der Waals surface area contributed by atoms with Gasteiger partial charge in [0.2, 0.25) is 0 Å². The Bertz CT molecular complexity index is 506. The van der Waals surface area contributed by atoms with E-state index in [9.17, 15) is 13.2 Å². The highest BCUT2D eigenvalue weighted by Gasteiger charge is 2.40. The number of nitrogens with zero attached hydrogens (tertiary/aromatic N) is 4. The van der Waals surface area contributed by atoms with Gasteiger partial charge < -0.3 is 9.80 Å². The minimum Gasteiger partial charge on any atom is -0.353 e. The zero-order valence-electron chi connectivity index (χ0n) is 12.7. The Kier molecular flexibility index (Phi) is 4.27. The fourth-order valence-corrected chi connectivity index (χ4v) is 3.17. The number of rotatable bonds is 3. The van der Waals surface area contributed by atoms with E-state index in [1.54, 1.807) is 4.90 Å². The zero-order valence-corrected chi connectivity index (χ0v) is 12.7. The third-order valence-electron chi connectivity index (χ3n) is 4.62. The quantitative estimate of drug-likeness (QED) is 0.850. The van der Waals surface area contributed by atoms with Gasteiger partial charge in [-0.2, -0.15) is 13.2 Å². The fourth-order valence-electron chi connectivity index (χ4n) is 3.17. The van der Waals surface area contributed by atoms with Crippen LogP contribution < -0.4 is 4.90 Å². The Labute approximate surface area is 128 Å². The second kappa shape index (κ2) is 6.04. The summed E-state index contributed by atoms with van der Waals surface area (Å²) in [4.78, 5) is 10.5. The lowest BCUT2D eigenvalue weighted by Gasteiger charge is -2.49. The molecule has 0 unspecified atom stereocenters. The third kappa shape index (κ3) is 3.05. The number of likely N-dealkylation sites (N-methyl/N-ethyl adjacent to an activating group) is 1. The molecule has 3 rings (SSSR count). The van der Waals surface area contributed by atoms with Crippen molar-refractivity contribution in [2.45, 2.75) is 19.1 Å². The number of piperazine rings is 1. The van der Waals surface area contributed by atoms with Gasteiger partial charge in [0.25, 0.3) is 0 Å². The molecule has 0 spiro atoms. The van der Waals surface area contributed by atoms with E-state index < -0.39 is 11.7 Å². The molecule has 0 aliphatic carbocycles. The molecular formula is C15H21F3N4. The van der Waals surface area contributed by atoms with Crippen molar-refractivity contribution < 1.29 is 13.2 Å². The van der Waals surface area contributed by atoms with E-state index >= 15 is 0 Å². The topological polar surface area (TPSA) is 22.6 Å². The zero-order chi connectivity index (χ0) is 15.7. The summed E-state index contributed by atoms with van der Waals surface area (Å²) >= 11 is 0. The van der Waals surface area contributed by atoms with Crippen LogP contribution in [0.3, 0.4) is 0 Å². The van der Waals surface area contributed by atoms with E-state index in [1.807, 2.05) is 0 Å². The van der Waals surface area contributed by atoms with Gasteiger partial charge in [-0.05, 0) is 18.7 Å². The van der Waals surface area contributed by atoms with Gasteiger partial charge in [0.15, 0.2) is 0 Å². The van der Waals surface area contributed by atoms with Gasteiger partial charge in [0.1, 0.15) is 5.82 Å². The third-order valence-corrected chi connectivity index (χ3v) is 4.62. The first-order chi connectivity index (χ1) is 10.5. The van der Waals surface area contributed by atoms with Crippen LogP contribution in [0.1, 0.15) is 12.5 Å². The molecule has 0 atom stereocenters. The van der Waals surface area contributed by atoms with Gasteiger partial charge >= 0.3 is 6.18 Å². The van der Waals surface area contributed by atoms with Crippen molar-refractivity contribution >= 4 is 5.82 Å². The molecule has 3 heterocycles. The average Bonchev–Trinajstić information content (AvgIpc) is 2.46. The van der Waals surface area contributed by atoms with Gasteiger partial charge in [-0.3, -0.25) is 4.90 Å². The molecule has 0 saturated carbocycles. The number of hydrogen-bond donors (Lipinski definition) is 0. The Morgan fingerprint density at radius 1 is 1.18 bits per heavy atom. The maximum absolute atomic E-state index is 13.0. The Balaban J connectivity index is 1.60. The van der Waals surface area contributed by atoms with Crippen molar-refractivity contribution in [3.63, 3.8) is 0 Å². The molecule has 0 N–H and O–H groups in total. The standard InChI is InChI=1S/C15H21F3N4/c1-2-20-6-8-21(9-7-20)12-10-22(11-12)14-13(15(16,17)18)4-3-5-19-14/h3-5,12H,2,6-11H2,1H3. The van der Waals surface area contributed by atoms with Crippen molar-refractivity contribution in [1.82, 2.24) is 14.8 Å². The lowest BCUT2D eigenvalue weighted by atomic mass is 10.0. The second-order valence-corrected chi connectivity index (χ2v) is 5.90. The SMILES string of the molecule is CCN1CCN(C2CN(c3ncccc3C(F)(F)F)C2)CC1. The van der Waals surface area contributed by atoms with Crippen LogP contribution in [0.25, 0.3) is 0 Å². The van der Waals surface area contributed by atoms with Crippen LogP contribution in [0, 0.1) is 0 Å². The predicted octanol–water partition coefficient (Wildman–Crippen LogP) is 1.93. The van der Waals surface area contributed by atoms with Crippen molar-refractivity contribution in [3.05, 3.63) is 23.9 Å². The Morgan fingerprint density at radius 3 is 2.45 bits per heavy atom. The fraction of sp³-hybridized carbons (Fsp3) is 0.667. The minimum atomic E-state index is -4.35. The van der Waals surface area contributed by atoms with Gasteiger partial charge in [0.05, 0.1) is 5.56 Å². The largest absolute Gasteiger partial charge is 0.419 e. The number of halogens is 3. The smallest absolute Gasteiger partial charge is 0.353 e. The highest BCUT2D eigenvalue weighted by molar-refractivity contribution is 5.51. The molecule has 2 fully saturated rings. The summed E-state index contributed by atoms with van der Waals surface area (Å²) in [5, 5.41) is 0. The summed E-state index contributed by atoms with van der Waals surface area (Å²) in [5.41, 5.74) is -0.635. The highest BCUT2D eigenvalue weighted by Crippen LogP contribution is 2.37. The van der Waals surface area contributed by atoms with Gasteiger partial charge in [-0.25, -0.2) is 4.98 Å². The van der Waals surface area contributed by atoms with E-state index in [4.69, 9.17) is 0 Å². The minimum absolute atomic E-state index is 0.0680. The van der Waals surface area contributed by atoms with Crippen LogP contribution in [0.5, 0.6) is 0 Å². The number of aromatic nitrogens is 1. The lowest BCUT2D eigenvalue weighted by molar-refractivity contribution is -0.137. The summed E-state index contributed by atoms with van der Waals surface area (Å²) in [7, 11) is 0. The maximum Gasteiger partial charge on any atom is 0.419 e. The van der Waals surface area contributed by atoms with Crippen molar-refractivity contribution in [1.29, 1.82) is 0 Å². The molecule has 7 heteroatoms. The van der Waals surface area contributed by atoms with E-state index in [2.05, 4.69) is 21.7 Å². The molecule has 2 saturated heterocycles. The molecule has 0 amide bonds. The maximum atomic E-state index is 13.0. The summed E-state index contributed by atoms with van der Waals surface area (Å²) < 4.78 is 39.1. The van der Waals surface area contributed by atoms with E-state index in [0.717, 1.165) is 38.8 Å². The van der Waals surface area contributed by atoms with Crippen LogP contribution in [0.4, 0.5) is 19.0 Å². The average molecular weight is 314 g/mol. The van der Waals surface area contributed by atoms with Crippen LogP contribution in [0.15, 0.2) is 18.3 Å². The molecule has 1 aromatic heterocycles. The number of hydrogen-bond acceptors (Lipinski definition) is 4. The van der Waals surface area contributed by atoms with Crippen LogP contribution >= 0.6 is 0 Å². The number of anilines is 1. The lowest BCUT2D eigenvalue weighted by Crippen LogP contribution is -2.63. The van der Waals surface area contributed by atoms with Crippen LogP contribution in [-0.4, -0.2) is 66.6 Å². The number of pyridine rings is 1. The van der Waals surface area contributed by atoms with Gasteiger partial charge in [0, 0.05) is 51.5 Å². The molecule has 122 valence electrons. The molecule has 0 radical (unpaired) electrons. The van der Waals surface area contributed by atoms with Crippen molar-refractivity contribution in [2.75, 3.05) is 50.7 Å². The molecule has 1 aromatic rings. The first-order valence-corrected chi connectivity index (χ1v) is 7.72. The monoisotopic (exact) mass is 314 g/mol. The first-order valence-electron chi connectivity index (χ1n) is 7.72. The highest BCUT2D eigenvalue weighted by atomic mass is 19.4. The molecule has 4 nitrogen and oxygen atoms in total. The molecule has 0 aromatic carbocycles. The first kappa shape index (κ1) is 15.6. The summed E-state index contributed by atoms with van der Waals surface area (Å²) in [5.74, 6) is 0.0680.